The second-order valence-electron chi connectivity index (χ2n) is 1.16. The van der Waals surface area contributed by atoms with Crippen LogP contribution in [-0.4, -0.2) is 18.1 Å². The summed E-state index contributed by atoms with van der Waals surface area (Å²) in [6.07, 6.45) is -0.206. The number of aliphatic hydroxyl groups is 1. The molecular weight excluding hydrogens is 94.0 g/mol. The molecule has 0 aromatic heterocycles. The van der Waals surface area contributed by atoms with Crippen molar-refractivity contribution in [2.45, 2.75) is 6.92 Å². The lowest BCUT2D eigenvalue weighted by molar-refractivity contribution is -0.122. The van der Waals surface area contributed by atoms with Crippen molar-refractivity contribution in [1.29, 1.82) is 0 Å². The Labute approximate surface area is 42.3 Å². The van der Waals surface area contributed by atoms with Gasteiger partial charge in [-0.25, -0.2) is 0 Å². The molecule has 0 heterocycles. The van der Waals surface area contributed by atoms with Crippen LogP contribution in [0.15, 0.2) is 0 Å². The minimum absolute atomic E-state index is 0.206. The van der Waals surface area contributed by atoms with Crippen molar-refractivity contribution >= 4 is 5.91 Å². The van der Waals surface area contributed by atoms with Gasteiger partial charge in [0, 0.05) is 7.05 Å². The van der Waals surface area contributed by atoms with Crippen molar-refractivity contribution in [2.24, 2.45) is 0 Å². The minimum Gasteiger partial charge on any atom is -0.377 e. The molecule has 0 saturated heterocycles. The van der Waals surface area contributed by atoms with E-state index in [0.29, 0.717) is 0 Å². The summed E-state index contributed by atoms with van der Waals surface area (Å²) >= 11 is 0. The molecular formula is C4H8NO2. The molecule has 2 N–H and O–H groups in total. The molecule has 41 valence electrons. The van der Waals surface area contributed by atoms with Gasteiger partial charge in [0.1, 0.15) is 0 Å². The van der Waals surface area contributed by atoms with Crippen LogP contribution < -0.4 is 5.32 Å². The summed E-state index contributed by atoms with van der Waals surface area (Å²) in [5.41, 5.74) is 0. The number of carbonyl (C=O) groups excluding carboxylic acids is 1. The fourth-order valence-corrected chi connectivity index (χ4v) is 0.181. The van der Waals surface area contributed by atoms with Crippen LogP contribution in [0.1, 0.15) is 6.92 Å². The van der Waals surface area contributed by atoms with Crippen LogP contribution in [0, 0.1) is 6.10 Å². The second-order valence-corrected chi connectivity index (χ2v) is 1.16. The average Bonchev–Trinajstić information content (AvgIpc) is 1.65. The third-order valence-corrected chi connectivity index (χ3v) is 0.556. The zero-order chi connectivity index (χ0) is 5.86. The Hall–Kier alpha value is -0.570. The number of nitrogens with one attached hydrogen (secondary N) is 1. The predicted octanol–water partition coefficient (Wildman–Crippen LogP) is -0.343. The monoisotopic (exact) mass is 102 g/mol. The van der Waals surface area contributed by atoms with Gasteiger partial charge < -0.3 is 10.4 Å². The Morgan fingerprint density at radius 3 is 2.14 bits per heavy atom. The van der Waals surface area contributed by atoms with Crippen LogP contribution >= 0.6 is 0 Å². The Morgan fingerprint density at radius 2 is 2.14 bits per heavy atom. The van der Waals surface area contributed by atoms with E-state index in [2.05, 4.69) is 5.32 Å². The van der Waals surface area contributed by atoms with Crippen LogP contribution in [0.25, 0.3) is 0 Å². The molecule has 0 atom stereocenters. The molecule has 0 spiro atoms. The maximum absolute atomic E-state index is 10.1. The zero-order valence-corrected chi connectivity index (χ0v) is 4.36. The molecule has 0 bridgehead atoms. The molecule has 0 unspecified atom stereocenters. The number of aliphatic hydroxyl groups excluding tert-OH is 1. The summed E-state index contributed by atoms with van der Waals surface area (Å²) in [5.74, 6) is -0.431. The van der Waals surface area contributed by atoms with Gasteiger partial charge in [-0.3, -0.25) is 4.79 Å². The van der Waals surface area contributed by atoms with Gasteiger partial charge in [-0.1, -0.05) is 0 Å². The van der Waals surface area contributed by atoms with E-state index >= 15 is 0 Å². The van der Waals surface area contributed by atoms with Crippen molar-refractivity contribution in [3.8, 4) is 0 Å². The second kappa shape index (κ2) is 2.58. The molecule has 0 aromatic carbocycles. The van der Waals surface area contributed by atoms with Crippen molar-refractivity contribution in [1.82, 2.24) is 5.32 Å². The van der Waals surface area contributed by atoms with Crippen molar-refractivity contribution < 1.29 is 9.90 Å². The molecule has 0 aromatic rings. The van der Waals surface area contributed by atoms with Gasteiger partial charge in [-0.15, -0.1) is 0 Å². The summed E-state index contributed by atoms with van der Waals surface area (Å²) in [7, 11) is 1.46. The van der Waals surface area contributed by atoms with Crippen LogP contribution in [0.5, 0.6) is 0 Å². The highest BCUT2D eigenvalue weighted by molar-refractivity contribution is 5.86. The fraction of sp³-hybridized carbons (Fsp3) is 0.500. The van der Waals surface area contributed by atoms with Crippen LogP contribution in [-0.2, 0) is 4.79 Å². The van der Waals surface area contributed by atoms with Crippen LogP contribution in [0.4, 0.5) is 0 Å². The summed E-state index contributed by atoms with van der Waals surface area (Å²) in [5, 5.41) is 10.6. The number of amides is 1. The Kier molecular flexibility index (Phi) is 2.37. The lowest BCUT2D eigenvalue weighted by atomic mass is 10.4. The van der Waals surface area contributed by atoms with Gasteiger partial charge in [-0.2, -0.15) is 0 Å². The number of hydrogen-bond acceptors (Lipinski definition) is 2. The quantitative estimate of drug-likeness (QED) is 0.475. The Bertz CT molecular complexity index is 70.1. The molecule has 0 rings (SSSR count). The normalized spacial score (nSPS) is 9.14. The molecule has 3 nitrogen and oxygen atoms in total. The highest BCUT2D eigenvalue weighted by Crippen LogP contribution is 1.85. The lowest BCUT2D eigenvalue weighted by Crippen LogP contribution is -2.23. The van der Waals surface area contributed by atoms with Crippen molar-refractivity contribution in [3.05, 3.63) is 6.10 Å². The molecule has 0 aliphatic rings. The summed E-state index contributed by atoms with van der Waals surface area (Å²) in [6.45, 7) is 1.33. The lowest BCUT2D eigenvalue weighted by Gasteiger charge is -1.96. The highest BCUT2D eigenvalue weighted by Gasteiger charge is 2.04. The third kappa shape index (κ3) is 2.17. The van der Waals surface area contributed by atoms with E-state index in [9.17, 15) is 4.79 Å². The maximum Gasteiger partial charge on any atom is 0.255 e. The largest absolute Gasteiger partial charge is 0.377 e. The first-order valence-corrected chi connectivity index (χ1v) is 1.93. The molecule has 1 amide bonds. The minimum atomic E-state index is -0.431. The molecule has 0 saturated carbocycles. The fourth-order valence-electron chi connectivity index (χ4n) is 0.181. The van der Waals surface area contributed by atoms with E-state index in [1.54, 1.807) is 0 Å². The Balaban J connectivity index is 3.35. The van der Waals surface area contributed by atoms with Crippen molar-refractivity contribution in [3.63, 3.8) is 0 Å². The van der Waals surface area contributed by atoms with Gasteiger partial charge in [0.2, 0.25) is 0 Å². The molecule has 3 heteroatoms. The van der Waals surface area contributed by atoms with E-state index in [4.69, 9.17) is 5.11 Å². The zero-order valence-electron chi connectivity index (χ0n) is 4.36. The highest BCUT2D eigenvalue weighted by atomic mass is 16.3. The smallest absolute Gasteiger partial charge is 0.255 e. The maximum atomic E-state index is 10.1. The topological polar surface area (TPSA) is 49.3 Å². The van der Waals surface area contributed by atoms with E-state index in [1.807, 2.05) is 0 Å². The van der Waals surface area contributed by atoms with E-state index in [1.165, 1.54) is 14.0 Å². The molecule has 7 heavy (non-hydrogen) atoms. The standard InChI is InChI=1S/C4H8NO2/c1-3(6)4(7)5-2/h6H,1-2H3,(H,5,7). The summed E-state index contributed by atoms with van der Waals surface area (Å²) in [6, 6.07) is 0. The SMILES string of the molecule is CNC(=O)[C](C)O. The molecule has 0 fully saturated rings. The van der Waals surface area contributed by atoms with Crippen LogP contribution in [0.3, 0.4) is 0 Å². The third-order valence-electron chi connectivity index (χ3n) is 0.556. The van der Waals surface area contributed by atoms with Gasteiger partial charge >= 0.3 is 0 Å². The molecule has 0 aliphatic carbocycles. The summed E-state index contributed by atoms with van der Waals surface area (Å²) in [4.78, 5) is 10.1. The van der Waals surface area contributed by atoms with Gasteiger partial charge in [0.15, 0.2) is 6.10 Å². The number of hydrogen-bond donors (Lipinski definition) is 2. The number of rotatable bonds is 1. The predicted molar refractivity (Wildman–Crippen MR) is 24.9 cm³/mol. The summed E-state index contributed by atoms with van der Waals surface area (Å²) < 4.78 is 0. The first-order chi connectivity index (χ1) is 3.18. The average molecular weight is 102 g/mol. The van der Waals surface area contributed by atoms with E-state index in [-0.39, 0.29) is 6.10 Å². The molecule has 1 radical (unpaired) electrons. The number of likely N-dealkylation sites (N-methyl/N-ethyl adjacent to an activating group) is 1. The van der Waals surface area contributed by atoms with Crippen LogP contribution in [0.2, 0.25) is 0 Å². The number of carbonyl (C=O) groups is 1. The van der Waals surface area contributed by atoms with Gasteiger partial charge in [0.25, 0.3) is 5.91 Å². The van der Waals surface area contributed by atoms with Gasteiger partial charge in [-0.05, 0) is 6.92 Å². The first kappa shape index (κ1) is 6.43. The van der Waals surface area contributed by atoms with Crippen molar-refractivity contribution in [2.75, 3.05) is 7.05 Å². The molecule has 0 aliphatic heterocycles. The Morgan fingerprint density at radius 1 is 1.71 bits per heavy atom. The van der Waals surface area contributed by atoms with Gasteiger partial charge in [0.05, 0.1) is 0 Å². The van der Waals surface area contributed by atoms with E-state index in [0.717, 1.165) is 0 Å². The van der Waals surface area contributed by atoms with E-state index < -0.39 is 5.91 Å². The first-order valence-electron chi connectivity index (χ1n) is 1.93.